The number of aliphatic hydroxyl groups is 1. The molecule has 0 bridgehead atoms. The lowest BCUT2D eigenvalue weighted by Crippen LogP contribution is -2.31. The Hall–Kier alpha value is -0.120. The molecule has 0 heterocycles. The predicted octanol–water partition coefficient (Wildman–Crippen LogP) is 0.582. The Morgan fingerprint density at radius 3 is 2.42 bits per heavy atom. The fraction of sp³-hybridized carbons (Fsp3) is 1.00. The molecule has 3 nitrogen and oxygen atoms in total. The predicted molar refractivity (Wildman–Crippen MR) is 50.2 cm³/mol. The zero-order chi connectivity index (χ0) is 9.56. The van der Waals surface area contributed by atoms with Crippen molar-refractivity contribution in [2.75, 3.05) is 33.9 Å². The van der Waals surface area contributed by atoms with Crippen LogP contribution in [0.1, 0.15) is 13.8 Å². The summed E-state index contributed by atoms with van der Waals surface area (Å²) in [4.78, 5) is 2.17. The molecule has 12 heavy (non-hydrogen) atoms. The van der Waals surface area contributed by atoms with Crippen LogP contribution in [0, 0.1) is 5.92 Å². The summed E-state index contributed by atoms with van der Waals surface area (Å²) in [5, 5.41) is 9.24. The van der Waals surface area contributed by atoms with Crippen LogP contribution in [0.2, 0.25) is 0 Å². The average molecular weight is 175 g/mol. The average Bonchev–Trinajstić information content (AvgIpc) is 2.00. The van der Waals surface area contributed by atoms with Crippen molar-refractivity contribution in [1.82, 2.24) is 4.90 Å². The van der Waals surface area contributed by atoms with Gasteiger partial charge in [0.05, 0.1) is 12.7 Å². The summed E-state index contributed by atoms with van der Waals surface area (Å²) in [6.45, 7) is 6.47. The first-order chi connectivity index (χ1) is 5.57. The topological polar surface area (TPSA) is 32.7 Å². The van der Waals surface area contributed by atoms with E-state index in [4.69, 9.17) is 4.74 Å². The Balaban J connectivity index is 3.47. The van der Waals surface area contributed by atoms with Crippen molar-refractivity contribution in [3.05, 3.63) is 0 Å². The molecule has 1 N–H and O–H groups in total. The first-order valence-corrected chi connectivity index (χ1v) is 4.43. The zero-order valence-electron chi connectivity index (χ0n) is 8.58. The summed E-state index contributed by atoms with van der Waals surface area (Å²) >= 11 is 0. The SMILES string of the molecule is COCCN(C)CC(C)C(C)O. The molecule has 0 saturated carbocycles. The molecule has 0 aromatic heterocycles. The van der Waals surface area contributed by atoms with Gasteiger partial charge in [-0.1, -0.05) is 6.92 Å². The smallest absolute Gasteiger partial charge is 0.0589 e. The zero-order valence-corrected chi connectivity index (χ0v) is 8.58. The van der Waals surface area contributed by atoms with Crippen molar-refractivity contribution in [1.29, 1.82) is 0 Å². The normalized spacial score (nSPS) is 16.5. The highest BCUT2D eigenvalue weighted by molar-refractivity contribution is 4.63. The summed E-state index contributed by atoms with van der Waals surface area (Å²) < 4.78 is 4.95. The van der Waals surface area contributed by atoms with Crippen LogP contribution in [0.3, 0.4) is 0 Å². The Kier molecular flexibility index (Phi) is 6.34. The molecule has 0 spiro atoms. The molecular formula is C9H21NO2. The van der Waals surface area contributed by atoms with Crippen molar-refractivity contribution in [3.63, 3.8) is 0 Å². The fourth-order valence-corrected chi connectivity index (χ4v) is 0.983. The van der Waals surface area contributed by atoms with Crippen molar-refractivity contribution >= 4 is 0 Å². The molecular weight excluding hydrogens is 154 g/mol. The second-order valence-electron chi connectivity index (χ2n) is 3.47. The number of aliphatic hydroxyl groups excluding tert-OH is 1. The molecule has 74 valence electrons. The van der Waals surface area contributed by atoms with Gasteiger partial charge < -0.3 is 14.7 Å². The Morgan fingerprint density at radius 2 is 2.00 bits per heavy atom. The van der Waals surface area contributed by atoms with E-state index in [1.54, 1.807) is 7.11 Å². The van der Waals surface area contributed by atoms with Crippen molar-refractivity contribution in [3.8, 4) is 0 Å². The lowest BCUT2D eigenvalue weighted by atomic mass is 10.1. The second-order valence-corrected chi connectivity index (χ2v) is 3.47. The van der Waals surface area contributed by atoms with Crippen LogP contribution >= 0.6 is 0 Å². The highest BCUT2D eigenvalue weighted by atomic mass is 16.5. The van der Waals surface area contributed by atoms with Crippen molar-refractivity contribution in [2.45, 2.75) is 20.0 Å². The van der Waals surface area contributed by atoms with Gasteiger partial charge in [-0.05, 0) is 19.9 Å². The number of rotatable bonds is 6. The van der Waals surface area contributed by atoms with Gasteiger partial charge in [-0.2, -0.15) is 0 Å². The van der Waals surface area contributed by atoms with Crippen molar-refractivity contribution in [2.24, 2.45) is 5.92 Å². The number of methoxy groups -OCH3 is 1. The quantitative estimate of drug-likeness (QED) is 0.641. The maximum atomic E-state index is 9.24. The van der Waals surface area contributed by atoms with Gasteiger partial charge in [0.1, 0.15) is 0 Å². The molecule has 0 amide bonds. The van der Waals surface area contributed by atoms with Gasteiger partial charge in [0, 0.05) is 20.2 Å². The molecule has 0 radical (unpaired) electrons. The van der Waals surface area contributed by atoms with E-state index in [1.165, 1.54) is 0 Å². The van der Waals surface area contributed by atoms with E-state index in [0.717, 1.165) is 19.7 Å². The summed E-state index contributed by atoms with van der Waals surface area (Å²) in [6.07, 6.45) is -0.227. The number of hydrogen-bond acceptors (Lipinski definition) is 3. The van der Waals surface area contributed by atoms with Crippen molar-refractivity contribution < 1.29 is 9.84 Å². The summed E-state index contributed by atoms with van der Waals surface area (Å²) in [7, 11) is 3.74. The summed E-state index contributed by atoms with van der Waals surface area (Å²) in [5.41, 5.74) is 0. The van der Waals surface area contributed by atoms with Gasteiger partial charge in [-0.3, -0.25) is 0 Å². The van der Waals surface area contributed by atoms with Gasteiger partial charge >= 0.3 is 0 Å². The van der Waals surface area contributed by atoms with Gasteiger partial charge in [0.2, 0.25) is 0 Å². The van der Waals surface area contributed by atoms with Crippen LogP contribution in [-0.2, 0) is 4.74 Å². The van der Waals surface area contributed by atoms with Gasteiger partial charge in [-0.15, -0.1) is 0 Å². The largest absolute Gasteiger partial charge is 0.393 e. The van der Waals surface area contributed by atoms with Crippen LogP contribution in [0.5, 0.6) is 0 Å². The van der Waals surface area contributed by atoms with Crippen LogP contribution in [0.4, 0.5) is 0 Å². The molecule has 0 aliphatic heterocycles. The highest BCUT2D eigenvalue weighted by Crippen LogP contribution is 2.03. The molecule has 2 unspecified atom stereocenters. The standard InChI is InChI=1S/C9H21NO2/c1-8(9(2)11)7-10(3)5-6-12-4/h8-9,11H,5-7H2,1-4H3. The number of nitrogens with zero attached hydrogens (tertiary/aromatic N) is 1. The summed E-state index contributed by atoms with van der Waals surface area (Å²) in [5.74, 6) is 0.326. The molecule has 0 aromatic carbocycles. The first-order valence-electron chi connectivity index (χ1n) is 4.43. The molecule has 0 aliphatic rings. The third-order valence-electron chi connectivity index (χ3n) is 2.10. The van der Waals surface area contributed by atoms with E-state index in [-0.39, 0.29) is 6.10 Å². The van der Waals surface area contributed by atoms with Gasteiger partial charge in [0.25, 0.3) is 0 Å². The minimum Gasteiger partial charge on any atom is -0.393 e. The fourth-order valence-electron chi connectivity index (χ4n) is 0.983. The maximum absolute atomic E-state index is 9.24. The van der Waals surface area contributed by atoms with Crippen LogP contribution in [-0.4, -0.2) is 50.0 Å². The Morgan fingerprint density at radius 1 is 1.42 bits per heavy atom. The van der Waals surface area contributed by atoms with E-state index in [9.17, 15) is 5.11 Å². The van der Waals surface area contributed by atoms with E-state index in [0.29, 0.717) is 5.92 Å². The number of hydrogen-bond donors (Lipinski definition) is 1. The second kappa shape index (κ2) is 6.40. The van der Waals surface area contributed by atoms with E-state index in [2.05, 4.69) is 4.90 Å². The molecule has 0 aromatic rings. The molecule has 0 aliphatic carbocycles. The molecule has 2 atom stereocenters. The minimum atomic E-state index is -0.227. The van der Waals surface area contributed by atoms with Crippen LogP contribution in [0.25, 0.3) is 0 Å². The van der Waals surface area contributed by atoms with E-state index >= 15 is 0 Å². The van der Waals surface area contributed by atoms with E-state index < -0.39 is 0 Å². The Bertz CT molecular complexity index is 107. The third-order valence-corrected chi connectivity index (χ3v) is 2.10. The Labute approximate surface area is 75.3 Å². The van der Waals surface area contributed by atoms with Gasteiger partial charge in [-0.25, -0.2) is 0 Å². The van der Waals surface area contributed by atoms with Gasteiger partial charge in [0.15, 0.2) is 0 Å². The lowest BCUT2D eigenvalue weighted by Gasteiger charge is -2.22. The molecule has 0 saturated heterocycles. The third kappa shape index (κ3) is 5.52. The first kappa shape index (κ1) is 11.9. The maximum Gasteiger partial charge on any atom is 0.0589 e. The molecule has 0 fully saturated rings. The number of ether oxygens (including phenoxy) is 1. The van der Waals surface area contributed by atoms with Crippen LogP contribution < -0.4 is 0 Å². The van der Waals surface area contributed by atoms with E-state index in [1.807, 2.05) is 20.9 Å². The van der Waals surface area contributed by atoms with Crippen LogP contribution in [0.15, 0.2) is 0 Å². The molecule has 0 rings (SSSR count). The highest BCUT2D eigenvalue weighted by Gasteiger charge is 2.10. The molecule has 3 heteroatoms. The minimum absolute atomic E-state index is 0.227. The lowest BCUT2D eigenvalue weighted by molar-refractivity contribution is 0.0973. The summed E-state index contributed by atoms with van der Waals surface area (Å²) in [6, 6.07) is 0. The number of likely N-dealkylation sites (N-methyl/N-ethyl adjacent to an activating group) is 1. The monoisotopic (exact) mass is 175 g/mol.